The summed E-state index contributed by atoms with van der Waals surface area (Å²) in [7, 11) is -3.41. The van der Waals surface area contributed by atoms with Crippen LogP contribution in [0.1, 0.15) is 0 Å². The van der Waals surface area contributed by atoms with Crippen molar-refractivity contribution in [3.05, 3.63) is 28.7 Å². The number of rotatable bonds is 2. The van der Waals surface area contributed by atoms with Gasteiger partial charge >= 0.3 is 0 Å². The molecule has 5 nitrogen and oxygen atoms in total. The number of thioether (sulfide) groups is 1. The molecule has 1 fully saturated rings. The predicted molar refractivity (Wildman–Crippen MR) is 58.3 cm³/mol. The minimum absolute atomic E-state index is 0.143. The Labute approximate surface area is 91.5 Å². The minimum Gasteiger partial charge on any atom is -0.328 e. The van der Waals surface area contributed by atoms with Crippen LogP contribution in [0.3, 0.4) is 0 Å². The van der Waals surface area contributed by atoms with Crippen LogP contribution in [0.5, 0.6) is 0 Å². The second-order valence-corrected chi connectivity index (χ2v) is 6.12. The number of hydrogen-bond donors (Lipinski definition) is 1. The first-order valence-corrected chi connectivity index (χ1v) is 6.97. The molecule has 1 saturated heterocycles. The summed E-state index contributed by atoms with van der Waals surface area (Å²) in [5.41, 5.74) is -0.301. The summed E-state index contributed by atoms with van der Waals surface area (Å²) in [5, 5.41) is 0. The number of nitrogens with one attached hydrogen (secondary N) is 1. The fourth-order valence-corrected chi connectivity index (χ4v) is 4.08. The normalized spacial score (nSPS) is 18.1. The van der Waals surface area contributed by atoms with E-state index in [0.717, 1.165) is 5.75 Å². The van der Waals surface area contributed by atoms with E-state index >= 15 is 0 Å². The van der Waals surface area contributed by atoms with Crippen molar-refractivity contribution in [3.8, 4) is 0 Å². The Balaban J connectivity index is 2.36. The molecule has 15 heavy (non-hydrogen) atoms. The molecule has 0 amide bonds. The van der Waals surface area contributed by atoms with E-state index in [1.807, 2.05) is 0 Å². The number of nitrogens with zero attached hydrogens (tertiary/aromatic N) is 1. The Morgan fingerprint density at radius 2 is 2.20 bits per heavy atom. The highest BCUT2D eigenvalue weighted by Crippen LogP contribution is 2.21. The molecular weight excluding hydrogens is 236 g/mol. The largest absolute Gasteiger partial charge is 0.328 e. The van der Waals surface area contributed by atoms with Gasteiger partial charge < -0.3 is 4.98 Å². The fraction of sp³-hybridized carbons (Fsp3) is 0.375. The van der Waals surface area contributed by atoms with Gasteiger partial charge in [-0.15, -0.1) is 11.8 Å². The van der Waals surface area contributed by atoms with Crippen LogP contribution in [0.2, 0.25) is 0 Å². The van der Waals surface area contributed by atoms with E-state index in [-0.39, 0.29) is 10.5 Å². The second kappa shape index (κ2) is 3.99. The molecule has 7 heteroatoms. The van der Waals surface area contributed by atoms with Crippen molar-refractivity contribution >= 4 is 21.8 Å². The van der Waals surface area contributed by atoms with E-state index in [1.54, 1.807) is 11.8 Å². The first kappa shape index (κ1) is 10.7. The lowest BCUT2D eigenvalue weighted by molar-refractivity contribution is 0.489. The predicted octanol–water partition coefficient (Wildman–Crippen LogP) is 0.0699. The maximum atomic E-state index is 11.9. The maximum Gasteiger partial charge on any atom is 0.247 e. The van der Waals surface area contributed by atoms with Gasteiger partial charge in [0, 0.05) is 24.6 Å². The van der Waals surface area contributed by atoms with Crippen molar-refractivity contribution in [2.75, 3.05) is 18.2 Å². The van der Waals surface area contributed by atoms with Crippen LogP contribution in [0.25, 0.3) is 0 Å². The Hall–Kier alpha value is -0.790. The van der Waals surface area contributed by atoms with E-state index in [4.69, 9.17) is 0 Å². The molecule has 0 bridgehead atoms. The maximum absolute atomic E-state index is 11.9. The van der Waals surface area contributed by atoms with Crippen molar-refractivity contribution in [2.45, 2.75) is 4.90 Å². The van der Waals surface area contributed by atoms with Gasteiger partial charge in [-0.2, -0.15) is 4.31 Å². The fourth-order valence-electron chi connectivity index (χ4n) is 1.29. The molecule has 0 unspecified atom stereocenters. The highest BCUT2D eigenvalue weighted by molar-refractivity contribution is 8.00. The Kier molecular flexibility index (Phi) is 2.85. The zero-order chi connectivity index (χ0) is 10.9. The molecule has 1 aliphatic heterocycles. The number of pyridine rings is 1. The third-order valence-electron chi connectivity index (χ3n) is 2.11. The summed E-state index contributed by atoms with van der Waals surface area (Å²) in [6.45, 7) is 0.534. The molecule has 2 rings (SSSR count). The van der Waals surface area contributed by atoms with E-state index in [0.29, 0.717) is 12.4 Å². The first-order chi connectivity index (χ1) is 7.10. The summed E-state index contributed by atoms with van der Waals surface area (Å²) in [6, 6.07) is 2.55. The highest BCUT2D eigenvalue weighted by atomic mass is 32.2. The molecule has 1 aromatic heterocycles. The van der Waals surface area contributed by atoms with Crippen molar-refractivity contribution in [1.82, 2.24) is 9.29 Å². The number of hydrogen-bond acceptors (Lipinski definition) is 4. The molecule has 0 atom stereocenters. The molecule has 82 valence electrons. The number of aromatic amines is 1. The van der Waals surface area contributed by atoms with Crippen LogP contribution in [0.15, 0.2) is 28.0 Å². The average Bonchev–Trinajstić information content (AvgIpc) is 2.71. The zero-order valence-electron chi connectivity index (χ0n) is 7.84. The van der Waals surface area contributed by atoms with Gasteiger partial charge in [-0.25, -0.2) is 8.42 Å². The lowest BCUT2D eigenvalue weighted by Crippen LogP contribution is -2.28. The minimum atomic E-state index is -3.41. The third-order valence-corrected chi connectivity index (χ3v) is 5.08. The smallest absolute Gasteiger partial charge is 0.247 e. The summed E-state index contributed by atoms with van der Waals surface area (Å²) in [4.78, 5) is 13.3. The molecule has 0 spiro atoms. The van der Waals surface area contributed by atoms with Gasteiger partial charge in [-0.05, 0) is 6.07 Å². The Morgan fingerprint density at radius 1 is 1.40 bits per heavy atom. The quantitative estimate of drug-likeness (QED) is 0.801. The topological polar surface area (TPSA) is 70.2 Å². The monoisotopic (exact) mass is 246 g/mol. The van der Waals surface area contributed by atoms with Gasteiger partial charge in [0.05, 0.1) is 10.8 Å². The van der Waals surface area contributed by atoms with E-state index < -0.39 is 10.0 Å². The van der Waals surface area contributed by atoms with Gasteiger partial charge in [-0.1, -0.05) is 0 Å². The molecule has 0 saturated carbocycles. The zero-order valence-corrected chi connectivity index (χ0v) is 9.47. The van der Waals surface area contributed by atoms with Crippen LogP contribution in [-0.2, 0) is 10.0 Å². The molecule has 0 aliphatic carbocycles. The summed E-state index contributed by atoms with van der Waals surface area (Å²) < 4.78 is 25.3. The Bertz CT molecular complexity index is 482. The van der Waals surface area contributed by atoms with Crippen molar-refractivity contribution in [2.24, 2.45) is 0 Å². The van der Waals surface area contributed by atoms with Crippen LogP contribution in [0, 0.1) is 0 Å². The van der Waals surface area contributed by atoms with Gasteiger partial charge in [0.2, 0.25) is 15.6 Å². The van der Waals surface area contributed by atoms with Crippen LogP contribution < -0.4 is 5.56 Å². The van der Waals surface area contributed by atoms with Crippen LogP contribution >= 0.6 is 11.8 Å². The molecule has 0 aromatic carbocycles. The summed E-state index contributed by atoms with van der Waals surface area (Å²) in [6.07, 6.45) is 1.24. The van der Waals surface area contributed by atoms with Gasteiger partial charge in [0.25, 0.3) is 0 Å². The number of sulfonamides is 1. The molecule has 2 heterocycles. The van der Waals surface area contributed by atoms with Gasteiger partial charge in [-0.3, -0.25) is 4.79 Å². The van der Waals surface area contributed by atoms with Gasteiger partial charge in [0.1, 0.15) is 0 Å². The molecular formula is C8H10N2O3S2. The first-order valence-electron chi connectivity index (χ1n) is 4.37. The van der Waals surface area contributed by atoms with Crippen molar-refractivity contribution < 1.29 is 8.42 Å². The lowest BCUT2D eigenvalue weighted by atomic mass is 10.5. The molecule has 1 aromatic rings. The average molecular weight is 246 g/mol. The summed E-state index contributed by atoms with van der Waals surface area (Å²) in [5.74, 6) is 1.31. The Morgan fingerprint density at radius 3 is 2.73 bits per heavy atom. The van der Waals surface area contributed by atoms with Crippen LogP contribution in [0.4, 0.5) is 0 Å². The number of aromatic nitrogens is 1. The number of H-pyrrole nitrogens is 1. The van der Waals surface area contributed by atoms with E-state index in [1.165, 1.54) is 22.6 Å². The molecule has 0 radical (unpaired) electrons. The van der Waals surface area contributed by atoms with E-state index in [2.05, 4.69) is 4.98 Å². The summed E-state index contributed by atoms with van der Waals surface area (Å²) >= 11 is 1.58. The van der Waals surface area contributed by atoms with Crippen molar-refractivity contribution in [1.29, 1.82) is 0 Å². The second-order valence-electron chi connectivity index (χ2n) is 3.11. The standard InChI is InChI=1S/C8H10N2O3S2/c11-8-2-1-7(5-9-8)15(12,13)10-3-4-14-6-10/h1-2,5H,3-4,6H2,(H,9,11). The third kappa shape index (κ3) is 2.09. The van der Waals surface area contributed by atoms with Crippen LogP contribution in [-0.4, -0.2) is 35.9 Å². The van der Waals surface area contributed by atoms with Crippen molar-refractivity contribution in [3.63, 3.8) is 0 Å². The molecule has 1 aliphatic rings. The highest BCUT2D eigenvalue weighted by Gasteiger charge is 2.27. The lowest BCUT2D eigenvalue weighted by Gasteiger charge is -2.13. The van der Waals surface area contributed by atoms with Gasteiger partial charge in [0.15, 0.2) is 0 Å². The molecule has 1 N–H and O–H groups in total. The SMILES string of the molecule is O=c1ccc(S(=O)(=O)N2CCSC2)c[nH]1. The van der Waals surface area contributed by atoms with E-state index in [9.17, 15) is 13.2 Å².